The van der Waals surface area contributed by atoms with Gasteiger partial charge >= 0.3 is 5.97 Å². The van der Waals surface area contributed by atoms with Crippen LogP contribution in [0.15, 0.2) is 60.7 Å². The average Bonchev–Trinajstić information content (AvgIpc) is 3.27. The van der Waals surface area contributed by atoms with Gasteiger partial charge in [0.2, 0.25) is 0 Å². The van der Waals surface area contributed by atoms with E-state index in [1.807, 2.05) is 24.3 Å². The Morgan fingerprint density at radius 1 is 1.07 bits per heavy atom. The van der Waals surface area contributed by atoms with Crippen LogP contribution in [0.4, 0.5) is 0 Å². The van der Waals surface area contributed by atoms with E-state index in [1.54, 1.807) is 20.1 Å². The summed E-state index contributed by atoms with van der Waals surface area (Å²) in [6.07, 6.45) is 8.14. The minimum atomic E-state index is -0.321. The van der Waals surface area contributed by atoms with Crippen molar-refractivity contribution in [2.75, 3.05) is 33.4 Å². The zero-order valence-electron chi connectivity index (χ0n) is 17.3. The van der Waals surface area contributed by atoms with Crippen molar-refractivity contribution in [3.05, 3.63) is 77.4 Å². The maximum Gasteiger partial charge on any atom is 0.330 e. The van der Waals surface area contributed by atoms with Gasteiger partial charge in [-0.1, -0.05) is 36.4 Å². The first-order valence-electron chi connectivity index (χ1n) is 10.2. The molecule has 0 saturated carbocycles. The monoisotopic (exact) mass is 391 g/mol. The summed E-state index contributed by atoms with van der Waals surface area (Å²) in [4.78, 5) is 14.1. The maximum atomic E-state index is 11.6. The number of nitrogens with zero attached hydrogens (tertiary/aromatic N) is 1. The number of carbonyl (C=O) groups excluding carboxylic acids is 1. The van der Waals surface area contributed by atoms with Gasteiger partial charge in [0, 0.05) is 12.6 Å². The van der Waals surface area contributed by atoms with Crippen LogP contribution >= 0.6 is 0 Å². The molecule has 0 atom stereocenters. The van der Waals surface area contributed by atoms with E-state index in [1.165, 1.54) is 24.5 Å². The standard InChI is InChI=1S/C25H29NO3/c1-3-29-25(27)14-9-20-7-6-8-22(19-20)24(15-18-26-16-4-5-17-26)21-10-12-23(28-2)13-11-21/h6-15,19H,3-5,16-18H2,1-2H3. The Kier molecular flexibility index (Phi) is 7.65. The highest BCUT2D eigenvalue weighted by molar-refractivity contribution is 5.87. The molecule has 3 rings (SSSR count). The molecule has 0 aromatic heterocycles. The van der Waals surface area contributed by atoms with Crippen LogP contribution in [0.5, 0.6) is 5.75 Å². The van der Waals surface area contributed by atoms with E-state index in [9.17, 15) is 4.79 Å². The quantitative estimate of drug-likeness (QED) is 0.479. The van der Waals surface area contributed by atoms with Crippen LogP contribution in [0, 0.1) is 0 Å². The number of benzene rings is 2. The minimum absolute atomic E-state index is 0.321. The van der Waals surface area contributed by atoms with Gasteiger partial charge in [-0.15, -0.1) is 0 Å². The molecule has 4 heteroatoms. The number of ether oxygens (including phenoxy) is 2. The van der Waals surface area contributed by atoms with Gasteiger partial charge in [0.25, 0.3) is 0 Å². The molecule has 0 amide bonds. The van der Waals surface area contributed by atoms with Gasteiger partial charge in [0.1, 0.15) is 5.75 Å². The van der Waals surface area contributed by atoms with E-state index >= 15 is 0 Å². The second kappa shape index (κ2) is 10.6. The van der Waals surface area contributed by atoms with Crippen molar-refractivity contribution < 1.29 is 14.3 Å². The third kappa shape index (κ3) is 6.06. The van der Waals surface area contributed by atoms with Crippen molar-refractivity contribution in [3.8, 4) is 5.75 Å². The lowest BCUT2D eigenvalue weighted by Gasteiger charge is -2.15. The predicted molar refractivity (Wildman–Crippen MR) is 118 cm³/mol. The van der Waals surface area contributed by atoms with Crippen LogP contribution < -0.4 is 4.74 Å². The molecule has 152 valence electrons. The fraction of sp³-hybridized carbons (Fsp3) is 0.320. The molecule has 2 aromatic carbocycles. The molecule has 4 nitrogen and oxygen atoms in total. The number of hydrogen-bond acceptors (Lipinski definition) is 4. The van der Waals surface area contributed by atoms with Gasteiger partial charge in [-0.3, -0.25) is 4.90 Å². The van der Waals surface area contributed by atoms with Gasteiger partial charge in [-0.2, -0.15) is 0 Å². The van der Waals surface area contributed by atoms with Gasteiger partial charge in [0.05, 0.1) is 13.7 Å². The van der Waals surface area contributed by atoms with Crippen molar-refractivity contribution in [3.63, 3.8) is 0 Å². The lowest BCUT2D eigenvalue weighted by Crippen LogP contribution is -2.19. The first-order valence-corrected chi connectivity index (χ1v) is 10.2. The second-order valence-corrected chi connectivity index (χ2v) is 7.06. The van der Waals surface area contributed by atoms with Gasteiger partial charge in [-0.05, 0) is 79.4 Å². The third-order valence-corrected chi connectivity index (χ3v) is 5.05. The number of esters is 1. The second-order valence-electron chi connectivity index (χ2n) is 7.06. The Balaban J connectivity index is 1.89. The van der Waals surface area contributed by atoms with E-state index in [0.717, 1.165) is 42.1 Å². The van der Waals surface area contributed by atoms with Crippen molar-refractivity contribution in [1.82, 2.24) is 4.90 Å². The molecule has 2 aromatic rings. The van der Waals surface area contributed by atoms with Crippen LogP contribution in [-0.2, 0) is 9.53 Å². The summed E-state index contributed by atoms with van der Waals surface area (Å²) < 4.78 is 10.3. The Bertz CT molecular complexity index is 862. The van der Waals surface area contributed by atoms with Gasteiger partial charge in [-0.25, -0.2) is 4.79 Å². The zero-order valence-corrected chi connectivity index (χ0v) is 17.3. The molecule has 29 heavy (non-hydrogen) atoms. The van der Waals surface area contributed by atoms with Crippen LogP contribution in [-0.4, -0.2) is 44.2 Å². The highest BCUT2D eigenvalue weighted by atomic mass is 16.5. The summed E-state index contributed by atoms with van der Waals surface area (Å²) in [6, 6.07) is 16.4. The number of hydrogen-bond donors (Lipinski definition) is 0. The zero-order chi connectivity index (χ0) is 20.5. The number of rotatable bonds is 8. The van der Waals surface area contributed by atoms with Gasteiger partial charge in [0.15, 0.2) is 0 Å². The Hall–Kier alpha value is -2.85. The summed E-state index contributed by atoms with van der Waals surface area (Å²) in [7, 11) is 1.68. The first kappa shape index (κ1) is 20.9. The fourth-order valence-corrected chi connectivity index (χ4v) is 3.52. The van der Waals surface area contributed by atoms with E-state index < -0.39 is 0 Å². The smallest absolute Gasteiger partial charge is 0.330 e. The molecular formula is C25H29NO3. The SMILES string of the molecule is CCOC(=O)C=Cc1cccc(C(=CCN2CCCC2)c2ccc(OC)cc2)c1. The third-order valence-electron chi connectivity index (χ3n) is 5.05. The fourth-order valence-electron chi connectivity index (χ4n) is 3.52. The summed E-state index contributed by atoms with van der Waals surface area (Å²) in [5, 5.41) is 0. The normalized spacial score (nSPS) is 15.0. The maximum absolute atomic E-state index is 11.6. The average molecular weight is 392 g/mol. The Morgan fingerprint density at radius 3 is 2.52 bits per heavy atom. The Morgan fingerprint density at radius 2 is 1.83 bits per heavy atom. The number of methoxy groups -OCH3 is 1. The van der Waals surface area contributed by atoms with E-state index in [-0.39, 0.29) is 5.97 Å². The molecule has 1 aliphatic rings. The molecule has 0 unspecified atom stereocenters. The lowest BCUT2D eigenvalue weighted by molar-refractivity contribution is -0.137. The number of carbonyl (C=O) groups is 1. The van der Waals surface area contributed by atoms with E-state index in [2.05, 4.69) is 35.2 Å². The first-order chi connectivity index (χ1) is 14.2. The van der Waals surface area contributed by atoms with Crippen LogP contribution in [0.2, 0.25) is 0 Å². The molecule has 0 aliphatic carbocycles. The van der Waals surface area contributed by atoms with Crippen molar-refractivity contribution in [2.45, 2.75) is 19.8 Å². The largest absolute Gasteiger partial charge is 0.497 e. The lowest BCUT2D eigenvalue weighted by atomic mass is 9.95. The minimum Gasteiger partial charge on any atom is -0.497 e. The van der Waals surface area contributed by atoms with E-state index in [4.69, 9.17) is 9.47 Å². The predicted octanol–water partition coefficient (Wildman–Crippen LogP) is 4.80. The molecule has 0 bridgehead atoms. The summed E-state index contributed by atoms with van der Waals surface area (Å²) in [5.41, 5.74) is 4.43. The van der Waals surface area contributed by atoms with Gasteiger partial charge < -0.3 is 9.47 Å². The molecule has 1 fully saturated rings. The molecule has 1 heterocycles. The molecule has 0 spiro atoms. The molecule has 1 saturated heterocycles. The van der Waals surface area contributed by atoms with Crippen molar-refractivity contribution in [1.29, 1.82) is 0 Å². The summed E-state index contributed by atoms with van der Waals surface area (Å²) in [6.45, 7) is 5.44. The molecule has 1 aliphatic heterocycles. The summed E-state index contributed by atoms with van der Waals surface area (Å²) in [5.74, 6) is 0.525. The topological polar surface area (TPSA) is 38.8 Å². The molecular weight excluding hydrogens is 362 g/mol. The molecule has 0 radical (unpaired) electrons. The van der Waals surface area contributed by atoms with Crippen molar-refractivity contribution >= 4 is 17.6 Å². The van der Waals surface area contributed by atoms with Crippen LogP contribution in [0.1, 0.15) is 36.5 Å². The Labute approximate surface area is 173 Å². The molecule has 0 N–H and O–H groups in total. The van der Waals surface area contributed by atoms with Crippen LogP contribution in [0.25, 0.3) is 11.6 Å². The highest BCUT2D eigenvalue weighted by Gasteiger charge is 2.12. The number of likely N-dealkylation sites (tertiary alicyclic amines) is 1. The summed E-state index contributed by atoms with van der Waals surface area (Å²) >= 11 is 0. The van der Waals surface area contributed by atoms with Crippen LogP contribution in [0.3, 0.4) is 0 Å². The highest BCUT2D eigenvalue weighted by Crippen LogP contribution is 2.27. The van der Waals surface area contributed by atoms with E-state index in [0.29, 0.717) is 6.61 Å². The van der Waals surface area contributed by atoms with Crippen molar-refractivity contribution in [2.24, 2.45) is 0 Å².